The highest BCUT2D eigenvalue weighted by atomic mass is 35.5. The second kappa shape index (κ2) is 8.01. The van der Waals surface area contributed by atoms with Crippen LogP contribution in [-0.4, -0.2) is 0 Å². The van der Waals surface area contributed by atoms with E-state index in [0.717, 1.165) is 0 Å². The van der Waals surface area contributed by atoms with Crippen LogP contribution in [0.1, 0.15) is 27.7 Å². The average Bonchev–Trinajstić information content (AvgIpc) is 0.722. The fourth-order valence-electron chi connectivity index (χ4n) is 0. The minimum atomic E-state index is 0. The highest BCUT2D eigenvalue weighted by Gasteiger charge is 1.95. The van der Waals surface area contributed by atoms with Gasteiger partial charge >= 0.3 is 0 Å². The van der Waals surface area contributed by atoms with Gasteiger partial charge in [-0.3, -0.25) is 0 Å². The van der Waals surface area contributed by atoms with Crippen molar-refractivity contribution in [2.45, 2.75) is 27.7 Å². The standard InChI is InChI=1S/C5H12.2ClH.H3P/c1-5(2,3)4;;;/h1-4H3;2*1H;1H3. The molecule has 0 rings (SSSR count). The van der Waals surface area contributed by atoms with E-state index >= 15 is 0 Å². The Hall–Kier alpha value is 1.01. The average molecular weight is 179 g/mol. The van der Waals surface area contributed by atoms with Crippen LogP contribution in [0.2, 0.25) is 0 Å². The van der Waals surface area contributed by atoms with Crippen LogP contribution in [0.25, 0.3) is 0 Å². The molecule has 8 heavy (non-hydrogen) atoms. The molecule has 3 heteroatoms. The van der Waals surface area contributed by atoms with Crippen molar-refractivity contribution >= 4 is 34.7 Å². The van der Waals surface area contributed by atoms with Gasteiger partial charge in [0, 0.05) is 0 Å². The lowest BCUT2D eigenvalue weighted by atomic mass is 10.0. The summed E-state index contributed by atoms with van der Waals surface area (Å²) in [6.45, 7) is 8.75. The summed E-state index contributed by atoms with van der Waals surface area (Å²) in [4.78, 5) is 0. The van der Waals surface area contributed by atoms with Crippen molar-refractivity contribution in [2.24, 2.45) is 5.41 Å². The van der Waals surface area contributed by atoms with E-state index in [0.29, 0.717) is 5.41 Å². The molecule has 0 amide bonds. The minimum absolute atomic E-state index is 0. The lowest BCUT2D eigenvalue weighted by Gasteiger charge is -2.05. The van der Waals surface area contributed by atoms with Crippen molar-refractivity contribution in [3.05, 3.63) is 0 Å². The first kappa shape index (κ1) is 23.0. The highest BCUT2D eigenvalue weighted by molar-refractivity contribution is 6.92. The van der Waals surface area contributed by atoms with Gasteiger partial charge in [0.1, 0.15) is 0 Å². The van der Waals surface area contributed by atoms with E-state index in [4.69, 9.17) is 0 Å². The molecule has 0 aliphatic rings. The van der Waals surface area contributed by atoms with Crippen molar-refractivity contribution in [1.29, 1.82) is 0 Å². The van der Waals surface area contributed by atoms with Crippen molar-refractivity contribution in [3.63, 3.8) is 0 Å². The topological polar surface area (TPSA) is 0 Å². The van der Waals surface area contributed by atoms with Crippen LogP contribution in [0.15, 0.2) is 0 Å². The van der Waals surface area contributed by atoms with Crippen molar-refractivity contribution in [3.8, 4) is 0 Å². The van der Waals surface area contributed by atoms with E-state index in [9.17, 15) is 0 Å². The fraction of sp³-hybridized carbons (Fsp3) is 1.00. The van der Waals surface area contributed by atoms with E-state index < -0.39 is 0 Å². The molecular weight excluding hydrogens is 162 g/mol. The van der Waals surface area contributed by atoms with Gasteiger partial charge in [0.2, 0.25) is 0 Å². The molecule has 56 valence electrons. The predicted octanol–water partition coefficient (Wildman–Crippen LogP) is 2.95. The van der Waals surface area contributed by atoms with Crippen molar-refractivity contribution in [1.82, 2.24) is 0 Å². The summed E-state index contributed by atoms with van der Waals surface area (Å²) in [6, 6.07) is 0. The number of hydrogen-bond acceptors (Lipinski definition) is 0. The van der Waals surface area contributed by atoms with Crippen LogP contribution in [0.5, 0.6) is 0 Å². The summed E-state index contributed by atoms with van der Waals surface area (Å²) in [6.07, 6.45) is 0. The van der Waals surface area contributed by atoms with Crippen LogP contribution < -0.4 is 0 Å². The zero-order chi connectivity index (χ0) is 4.50. The lowest BCUT2D eigenvalue weighted by Crippen LogP contribution is -1.93. The SMILES string of the molecule is CC(C)(C)C.Cl.Cl.P. The maximum Gasteiger partial charge on any atom is -0.0411 e. The molecule has 1 atom stereocenters. The number of rotatable bonds is 0. The molecule has 0 saturated heterocycles. The molecule has 0 aromatic carbocycles. The zero-order valence-corrected chi connectivity index (χ0v) is 9.07. The minimum Gasteiger partial charge on any atom is -0.153 e. The Morgan fingerprint density at radius 3 is 0.750 bits per heavy atom. The second-order valence-electron chi connectivity index (χ2n) is 3.00. The third kappa shape index (κ3) is 248. The molecule has 0 aromatic heterocycles. The predicted molar refractivity (Wildman–Crippen MR) is 50.7 cm³/mol. The Bertz CT molecular complexity index is 25.9. The Morgan fingerprint density at radius 2 is 0.750 bits per heavy atom. The van der Waals surface area contributed by atoms with Gasteiger partial charge in [-0.25, -0.2) is 0 Å². The van der Waals surface area contributed by atoms with Crippen molar-refractivity contribution in [2.75, 3.05) is 0 Å². The van der Waals surface area contributed by atoms with E-state index in [1.807, 2.05) is 0 Å². The molecule has 0 saturated carbocycles. The van der Waals surface area contributed by atoms with Gasteiger partial charge < -0.3 is 0 Å². The Balaban J connectivity index is -0.0000000267. The summed E-state index contributed by atoms with van der Waals surface area (Å²) in [5.74, 6) is 0. The third-order valence-electron chi connectivity index (χ3n) is 0. The summed E-state index contributed by atoms with van der Waals surface area (Å²) < 4.78 is 0. The molecule has 1 unspecified atom stereocenters. The van der Waals surface area contributed by atoms with Crippen LogP contribution >= 0.6 is 34.7 Å². The Labute approximate surface area is 68.3 Å². The van der Waals surface area contributed by atoms with Gasteiger partial charge in [-0.15, -0.1) is 24.8 Å². The third-order valence-corrected chi connectivity index (χ3v) is 0. The maximum atomic E-state index is 2.19. The summed E-state index contributed by atoms with van der Waals surface area (Å²) >= 11 is 0. The second-order valence-corrected chi connectivity index (χ2v) is 3.00. The normalized spacial score (nSPS) is 7.50. The maximum absolute atomic E-state index is 2.19. The van der Waals surface area contributed by atoms with Crippen LogP contribution in [0.4, 0.5) is 0 Å². The fourth-order valence-corrected chi connectivity index (χ4v) is 0. The van der Waals surface area contributed by atoms with Crippen LogP contribution in [0.3, 0.4) is 0 Å². The van der Waals surface area contributed by atoms with Gasteiger partial charge in [0.15, 0.2) is 0 Å². The number of hydrogen-bond donors (Lipinski definition) is 0. The molecular formula is C5H17Cl2P. The van der Waals surface area contributed by atoms with Gasteiger partial charge in [-0.05, 0) is 5.41 Å². The molecule has 0 spiro atoms. The summed E-state index contributed by atoms with van der Waals surface area (Å²) in [5, 5.41) is 0. The van der Waals surface area contributed by atoms with E-state index in [2.05, 4.69) is 27.7 Å². The first-order chi connectivity index (χ1) is 2.00. The molecule has 0 heterocycles. The number of halogens is 2. The first-order valence-electron chi connectivity index (χ1n) is 2.00. The monoisotopic (exact) mass is 178 g/mol. The van der Waals surface area contributed by atoms with Gasteiger partial charge in [-0.1, -0.05) is 27.7 Å². The quantitative estimate of drug-likeness (QED) is 0.501. The first-order valence-corrected chi connectivity index (χ1v) is 2.00. The summed E-state index contributed by atoms with van der Waals surface area (Å²) in [5.41, 5.74) is 0.500. The van der Waals surface area contributed by atoms with E-state index in [1.54, 1.807) is 0 Å². The Morgan fingerprint density at radius 1 is 0.750 bits per heavy atom. The van der Waals surface area contributed by atoms with Crippen LogP contribution in [0, 0.1) is 5.41 Å². The molecule has 0 fully saturated rings. The van der Waals surface area contributed by atoms with Crippen molar-refractivity contribution < 1.29 is 0 Å². The van der Waals surface area contributed by atoms with Crippen LogP contribution in [-0.2, 0) is 0 Å². The van der Waals surface area contributed by atoms with Gasteiger partial charge in [-0.2, -0.15) is 9.90 Å². The zero-order valence-electron chi connectivity index (χ0n) is 6.02. The smallest absolute Gasteiger partial charge is 0.0411 e. The molecule has 0 aliphatic carbocycles. The summed E-state index contributed by atoms with van der Waals surface area (Å²) in [7, 11) is 0. The molecule has 0 aliphatic heterocycles. The van der Waals surface area contributed by atoms with E-state index in [-0.39, 0.29) is 34.7 Å². The van der Waals surface area contributed by atoms with Gasteiger partial charge in [0.25, 0.3) is 0 Å². The Kier molecular flexibility index (Phi) is 23.1. The molecule has 0 bridgehead atoms. The largest absolute Gasteiger partial charge is 0.153 e. The lowest BCUT2D eigenvalue weighted by molar-refractivity contribution is 0.469. The van der Waals surface area contributed by atoms with E-state index in [1.165, 1.54) is 0 Å². The molecule has 0 nitrogen and oxygen atoms in total. The molecule has 0 N–H and O–H groups in total. The molecule has 0 radical (unpaired) electrons. The molecule has 0 aromatic rings. The highest BCUT2D eigenvalue weighted by Crippen LogP contribution is 2.07. The van der Waals surface area contributed by atoms with Gasteiger partial charge in [0.05, 0.1) is 0 Å².